The van der Waals surface area contributed by atoms with E-state index in [2.05, 4.69) is 0 Å². The first kappa shape index (κ1) is 16.3. The summed E-state index contributed by atoms with van der Waals surface area (Å²) in [6.45, 7) is -2.47. The minimum Gasteiger partial charge on any atom is -0.329 e. The fraction of sp³-hybridized carbons (Fsp3) is 0.364. The SMILES string of the molecule is NCCN(CC(F)(F)F)C(=O)c1ccc(F)c(F)c1F. The fourth-order valence-corrected chi connectivity index (χ4v) is 1.49. The highest BCUT2D eigenvalue weighted by molar-refractivity contribution is 5.94. The molecule has 3 nitrogen and oxygen atoms in total. The van der Waals surface area contributed by atoms with Crippen LogP contribution >= 0.6 is 0 Å². The first-order valence-electron chi connectivity index (χ1n) is 5.37. The number of amides is 1. The number of carbonyl (C=O) groups is 1. The van der Waals surface area contributed by atoms with Crippen LogP contribution < -0.4 is 5.73 Å². The van der Waals surface area contributed by atoms with Crippen molar-refractivity contribution in [2.24, 2.45) is 5.73 Å². The molecule has 0 aliphatic carbocycles. The lowest BCUT2D eigenvalue weighted by Gasteiger charge is -2.23. The van der Waals surface area contributed by atoms with Crippen molar-refractivity contribution in [3.8, 4) is 0 Å². The lowest BCUT2D eigenvalue weighted by atomic mass is 10.1. The molecular formula is C11H10F6N2O. The first-order chi connectivity index (χ1) is 9.17. The zero-order valence-electron chi connectivity index (χ0n) is 9.98. The predicted octanol–water partition coefficient (Wildman–Crippen LogP) is 2.07. The van der Waals surface area contributed by atoms with Crippen molar-refractivity contribution in [1.29, 1.82) is 0 Å². The van der Waals surface area contributed by atoms with Crippen LogP contribution in [0.1, 0.15) is 10.4 Å². The van der Waals surface area contributed by atoms with Crippen molar-refractivity contribution in [2.75, 3.05) is 19.6 Å². The Labute approximate surface area is 110 Å². The Balaban J connectivity index is 3.10. The molecule has 1 rings (SSSR count). The summed E-state index contributed by atoms with van der Waals surface area (Å²) in [7, 11) is 0. The van der Waals surface area contributed by atoms with Gasteiger partial charge in [0.15, 0.2) is 17.5 Å². The number of halogens is 6. The maximum absolute atomic E-state index is 13.4. The maximum atomic E-state index is 13.4. The van der Waals surface area contributed by atoms with Gasteiger partial charge in [0.05, 0.1) is 5.56 Å². The van der Waals surface area contributed by atoms with Gasteiger partial charge in [-0.3, -0.25) is 4.79 Å². The Morgan fingerprint density at radius 2 is 1.75 bits per heavy atom. The Bertz CT molecular complexity index is 502. The second-order valence-electron chi connectivity index (χ2n) is 3.85. The van der Waals surface area contributed by atoms with Crippen LogP contribution in [-0.2, 0) is 0 Å². The molecule has 0 unspecified atom stereocenters. The summed E-state index contributed by atoms with van der Waals surface area (Å²) in [6.07, 6.45) is -4.72. The summed E-state index contributed by atoms with van der Waals surface area (Å²) in [5.41, 5.74) is 4.08. The summed E-state index contributed by atoms with van der Waals surface area (Å²) in [6, 6.07) is 1.04. The van der Waals surface area contributed by atoms with Gasteiger partial charge in [0.1, 0.15) is 6.54 Å². The number of rotatable bonds is 4. The number of alkyl halides is 3. The molecule has 1 aromatic carbocycles. The minimum absolute atomic E-state index is 0.218. The van der Waals surface area contributed by atoms with E-state index in [1.165, 1.54) is 0 Å². The molecule has 0 atom stereocenters. The molecule has 0 radical (unpaired) electrons. The van der Waals surface area contributed by atoms with Gasteiger partial charge in [-0.1, -0.05) is 0 Å². The summed E-state index contributed by atoms with van der Waals surface area (Å²) in [5, 5.41) is 0. The molecule has 0 saturated carbocycles. The number of hydrogen-bond donors (Lipinski definition) is 1. The third-order valence-electron chi connectivity index (χ3n) is 2.32. The molecule has 112 valence electrons. The summed E-state index contributed by atoms with van der Waals surface area (Å²) < 4.78 is 75.9. The largest absolute Gasteiger partial charge is 0.406 e. The van der Waals surface area contributed by atoms with Crippen molar-refractivity contribution in [2.45, 2.75) is 6.18 Å². The van der Waals surface area contributed by atoms with Gasteiger partial charge in [-0.2, -0.15) is 13.2 Å². The van der Waals surface area contributed by atoms with Crippen molar-refractivity contribution in [3.63, 3.8) is 0 Å². The third kappa shape index (κ3) is 3.86. The molecule has 2 N–H and O–H groups in total. The van der Waals surface area contributed by atoms with Crippen LogP contribution in [0.5, 0.6) is 0 Å². The molecule has 0 aliphatic rings. The number of nitrogens with two attached hydrogens (primary N) is 1. The second kappa shape index (κ2) is 6.12. The van der Waals surface area contributed by atoms with Crippen LogP contribution in [0.15, 0.2) is 12.1 Å². The van der Waals surface area contributed by atoms with E-state index in [1.54, 1.807) is 0 Å². The van der Waals surface area contributed by atoms with Crippen molar-refractivity contribution < 1.29 is 31.1 Å². The molecule has 0 fully saturated rings. The van der Waals surface area contributed by atoms with Crippen LogP contribution in [0, 0.1) is 17.5 Å². The van der Waals surface area contributed by atoms with Gasteiger partial charge < -0.3 is 10.6 Å². The van der Waals surface area contributed by atoms with E-state index >= 15 is 0 Å². The van der Waals surface area contributed by atoms with Gasteiger partial charge in [0.25, 0.3) is 5.91 Å². The standard InChI is InChI=1S/C11H10F6N2O/c12-7-2-1-6(8(13)9(7)14)10(20)19(4-3-18)5-11(15,16)17/h1-2H,3-5,18H2. The zero-order valence-corrected chi connectivity index (χ0v) is 9.98. The van der Waals surface area contributed by atoms with Gasteiger partial charge in [-0.25, -0.2) is 13.2 Å². The van der Waals surface area contributed by atoms with Gasteiger partial charge in [0.2, 0.25) is 0 Å². The van der Waals surface area contributed by atoms with Gasteiger partial charge in [0, 0.05) is 13.1 Å². The van der Waals surface area contributed by atoms with Gasteiger partial charge in [-0.05, 0) is 12.1 Å². The molecule has 0 heterocycles. The molecule has 0 aliphatic heterocycles. The summed E-state index contributed by atoms with van der Waals surface area (Å²) in [5.74, 6) is -6.71. The number of benzene rings is 1. The highest BCUT2D eigenvalue weighted by atomic mass is 19.4. The van der Waals surface area contributed by atoms with Gasteiger partial charge >= 0.3 is 6.18 Å². The van der Waals surface area contributed by atoms with Crippen LogP contribution in [0.25, 0.3) is 0 Å². The lowest BCUT2D eigenvalue weighted by molar-refractivity contribution is -0.140. The molecule has 9 heteroatoms. The van der Waals surface area contributed by atoms with Crippen LogP contribution in [0.3, 0.4) is 0 Å². The van der Waals surface area contributed by atoms with E-state index < -0.39 is 48.2 Å². The lowest BCUT2D eigenvalue weighted by Crippen LogP contribution is -2.42. The zero-order chi connectivity index (χ0) is 15.5. The summed E-state index contributed by atoms with van der Waals surface area (Å²) in [4.78, 5) is 12.0. The summed E-state index contributed by atoms with van der Waals surface area (Å²) >= 11 is 0. The fourth-order valence-electron chi connectivity index (χ4n) is 1.49. The molecule has 1 amide bonds. The maximum Gasteiger partial charge on any atom is 0.406 e. The average molecular weight is 300 g/mol. The molecule has 1 aromatic rings. The van der Waals surface area contributed by atoms with E-state index in [0.29, 0.717) is 12.1 Å². The number of nitrogens with zero attached hydrogens (tertiary/aromatic N) is 1. The van der Waals surface area contributed by atoms with E-state index in [0.717, 1.165) is 0 Å². The van der Waals surface area contributed by atoms with E-state index in [1.807, 2.05) is 0 Å². The quantitative estimate of drug-likeness (QED) is 0.683. The van der Waals surface area contributed by atoms with Gasteiger partial charge in [-0.15, -0.1) is 0 Å². The van der Waals surface area contributed by atoms with Crippen LogP contribution in [-0.4, -0.2) is 36.6 Å². The topological polar surface area (TPSA) is 46.3 Å². The molecule has 0 saturated heterocycles. The van der Waals surface area contributed by atoms with Crippen LogP contribution in [0.2, 0.25) is 0 Å². The Morgan fingerprint density at radius 1 is 1.15 bits per heavy atom. The molecule has 0 bridgehead atoms. The average Bonchev–Trinajstić information content (AvgIpc) is 2.33. The smallest absolute Gasteiger partial charge is 0.329 e. The van der Waals surface area contributed by atoms with E-state index in [9.17, 15) is 31.1 Å². The van der Waals surface area contributed by atoms with E-state index in [4.69, 9.17) is 5.73 Å². The Morgan fingerprint density at radius 3 is 2.25 bits per heavy atom. The first-order valence-corrected chi connectivity index (χ1v) is 5.37. The monoisotopic (exact) mass is 300 g/mol. The highest BCUT2D eigenvalue weighted by Gasteiger charge is 2.34. The number of carbonyl (C=O) groups excluding carboxylic acids is 1. The predicted molar refractivity (Wildman–Crippen MR) is 57.3 cm³/mol. The minimum atomic E-state index is -4.72. The van der Waals surface area contributed by atoms with Crippen molar-refractivity contribution in [1.82, 2.24) is 4.90 Å². The van der Waals surface area contributed by atoms with E-state index in [-0.39, 0.29) is 11.4 Å². The van der Waals surface area contributed by atoms with Crippen LogP contribution in [0.4, 0.5) is 26.3 Å². The third-order valence-corrected chi connectivity index (χ3v) is 2.32. The normalized spacial score (nSPS) is 11.6. The Kier molecular flexibility index (Phi) is 4.98. The second-order valence-corrected chi connectivity index (χ2v) is 3.85. The number of hydrogen-bond acceptors (Lipinski definition) is 2. The van der Waals surface area contributed by atoms with Crippen molar-refractivity contribution >= 4 is 5.91 Å². The molecule has 0 spiro atoms. The molecule has 20 heavy (non-hydrogen) atoms. The molecule has 0 aromatic heterocycles. The highest BCUT2D eigenvalue weighted by Crippen LogP contribution is 2.20. The van der Waals surface area contributed by atoms with Crippen molar-refractivity contribution in [3.05, 3.63) is 35.1 Å². The Hall–Kier alpha value is -1.77. The molecular weight excluding hydrogens is 290 g/mol.